The van der Waals surface area contributed by atoms with Crippen LogP contribution in [0.3, 0.4) is 0 Å². The van der Waals surface area contributed by atoms with E-state index in [-0.39, 0.29) is 30.2 Å². The minimum absolute atomic E-state index is 0.0444. The molecule has 0 bridgehead atoms. The second-order valence-electron chi connectivity index (χ2n) is 4.44. The summed E-state index contributed by atoms with van der Waals surface area (Å²) in [4.78, 5) is 24.8. The van der Waals surface area contributed by atoms with Gasteiger partial charge in [-0.2, -0.15) is 0 Å². The Balaban J connectivity index is 1.99. The fourth-order valence-electron chi connectivity index (χ4n) is 2.29. The van der Waals surface area contributed by atoms with Crippen LogP contribution in [0.5, 0.6) is 0 Å². The molecule has 3 rings (SSSR count). The van der Waals surface area contributed by atoms with Gasteiger partial charge < -0.3 is 5.73 Å². The van der Waals surface area contributed by atoms with Crippen LogP contribution in [0, 0.1) is 17.7 Å². The Morgan fingerprint density at radius 2 is 1.94 bits per heavy atom. The quantitative estimate of drug-likeness (QED) is 0.769. The van der Waals surface area contributed by atoms with Crippen molar-refractivity contribution in [3.63, 3.8) is 0 Å². The largest absolute Gasteiger partial charge is 0.326 e. The molecule has 2 amide bonds. The van der Waals surface area contributed by atoms with E-state index in [1.165, 1.54) is 18.2 Å². The highest BCUT2D eigenvalue weighted by Crippen LogP contribution is 2.48. The molecule has 17 heavy (non-hydrogen) atoms. The zero-order chi connectivity index (χ0) is 12.2. The maximum Gasteiger partial charge on any atom is 0.237 e. The summed E-state index contributed by atoms with van der Waals surface area (Å²) in [5, 5.41) is 0. The summed E-state index contributed by atoms with van der Waals surface area (Å²) in [6, 6.07) is 4.15. The highest BCUT2D eigenvalue weighted by atomic mass is 19.1. The summed E-state index contributed by atoms with van der Waals surface area (Å²) >= 11 is 0. The van der Waals surface area contributed by atoms with Crippen molar-refractivity contribution < 1.29 is 14.0 Å². The predicted octanol–water partition coefficient (Wildman–Crippen LogP) is 0.794. The van der Waals surface area contributed by atoms with E-state index < -0.39 is 5.82 Å². The molecule has 1 aromatic rings. The van der Waals surface area contributed by atoms with Gasteiger partial charge in [0.1, 0.15) is 5.82 Å². The number of anilines is 1. The number of piperidine rings is 1. The molecule has 1 heterocycles. The van der Waals surface area contributed by atoms with E-state index in [1.54, 1.807) is 0 Å². The van der Waals surface area contributed by atoms with Crippen molar-refractivity contribution >= 4 is 17.5 Å². The Kier molecular flexibility index (Phi) is 2.06. The average molecular weight is 234 g/mol. The van der Waals surface area contributed by atoms with Crippen molar-refractivity contribution in [3.05, 3.63) is 29.6 Å². The smallest absolute Gasteiger partial charge is 0.237 e. The Hall–Kier alpha value is -1.75. The Labute approximate surface area is 97.2 Å². The number of halogens is 1. The third-order valence-electron chi connectivity index (χ3n) is 3.37. The lowest BCUT2D eigenvalue weighted by atomic mass is 10.1. The first-order chi connectivity index (χ1) is 8.13. The standard InChI is InChI=1S/C12H11FN2O2/c13-10-2-1-7(3-6(10)5-14)15-11(16)8-4-9(8)12(15)17/h1-3,8-9H,4-5,14H2. The lowest BCUT2D eigenvalue weighted by Crippen LogP contribution is -2.32. The van der Waals surface area contributed by atoms with E-state index in [1.807, 2.05) is 0 Å². The molecule has 2 unspecified atom stereocenters. The summed E-state index contributed by atoms with van der Waals surface area (Å²) in [6.45, 7) is 0.0444. The number of hydrogen-bond donors (Lipinski definition) is 1. The molecule has 4 nitrogen and oxygen atoms in total. The normalized spacial score (nSPS) is 26.4. The van der Waals surface area contributed by atoms with Crippen LogP contribution in [0.25, 0.3) is 0 Å². The minimum Gasteiger partial charge on any atom is -0.326 e. The van der Waals surface area contributed by atoms with E-state index in [0.29, 0.717) is 17.7 Å². The molecule has 0 spiro atoms. The van der Waals surface area contributed by atoms with Crippen LogP contribution in [0.1, 0.15) is 12.0 Å². The number of carbonyl (C=O) groups excluding carboxylic acids is 2. The van der Waals surface area contributed by atoms with Crippen molar-refractivity contribution in [3.8, 4) is 0 Å². The molecular weight excluding hydrogens is 223 g/mol. The Morgan fingerprint density at radius 3 is 2.53 bits per heavy atom. The number of benzene rings is 1. The fourth-order valence-corrected chi connectivity index (χ4v) is 2.29. The van der Waals surface area contributed by atoms with Gasteiger partial charge >= 0.3 is 0 Å². The summed E-state index contributed by atoms with van der Waals surface area (Å²) in [5.74, 6) is -1.05. The molecule has 2 fully saturated rings. The first kappa shape index (κ1) is 10.4. The van der Waals surface area contributed by atoms with E-state index in [4.69, 9.17) is 5.73 Å². The SMILES string of the molecule is NCc1cc(N2C(=O)C3CC3C2=O)ccc1F. The molecule has 88 valence electrons. The molecule has 0 aromatic heterocycles. The van der Waals surface area contributed by atoms with Crippen molar-refractivity contribution in [2.24, 2.45) is 17.6 Å². The van der Waals surface area contributed by atoms with E-state index >= 15 is 0 Å². The van der Waals surface area contributed by atoms with E-state index in [2.05, 4.69) is 0 Å². The molecule has 1 saturated heterocycles. The third-order valence-corrected chi connectivity index (χ3v) is 3.37. The van der Waals surface area contributed by atoms with Crippen molar-refractivity contribution in [2.75, 3.05) is 4.90 Å². The Morgan fingerprint density at radius 1 is 1.29 bits per heavy atom. The van der Waals surface area contributed by atoms with Gasteiger partial charge in [-0.05, 0) is 24.6 Å². The van der Waals surface area contributed by atoms with Crippen LogP contribution in [0.4, 0.5) is 10.1 Å². The van der Waals surface area contributed by atoms with Gasteiger partial charge in [-0.15, -0.1) is 0 Å². The van der Waals surface area contributed by atoms with Crippen molar-refractivity contribution in [1.29, 1.82) is 0 Å². The lowest BCUT2D eigenvalue weighted by molar-refractivity contribution is -0.123. The molecule has 5 heteroatoms. The third kappa shape index (κ3) is 1.39. The Bertz CT molecular complexity index is 509. The number of rotatable bonds is 2. The van der Waals surface area contributed by atoms with Gasteiger partial charge in [0.05, 0.1) is 17.5 Å². The number of nitrogens with two attached hydrogens (primary N) is 1. The van der Waals surface area contributed by atoms with Crippen LogP contribution in [0.2, 0.25) is 0 Å². The molecule has 2 N–H and O–H groups in total. The van der Waals surface area contributed by atoms with Gasteiger partial charge in [0, 0.05) is 12.1 Å². The first-order valence-electron chi connectivity index (χ1n) is 5.50. The highest BCUT2D eigenvalue weighted by Gasteiger charge is 2.59. The van der Waals surface area contributed by atoms with Gasteiger partial charge in [0.15, 0.2) is 0 Å². The second kappa shape index (κ2) is 3.37. The van der Waals surface area contributed by atoms with E-state index in [9.17, 15) is 14.0 Å². The molecule has 1 aromatic carbocycles. The number of imide groups is 1. The summed E-state index contributed by atoms with van der Waals surface area (Å²) in [6.07, 6.45) is 0.666. The molecule has 1 aliphatic carbocycles. The van der Waals surface area contributed by atoms with Crippen LogP contribution in [-0.4, -0.2) is 11.8 Å². The molecule has 1 saturated carbocycles. The number of amides is 2. The minimum atomic E-state index is -0.416. The summed E-state index contributed by atoms with van der Waals surface area (Å²) in [5.41, 5.74) is 6.13. The number of nitrogens with zero attached hydrogens (tertiary/aromatic N) is 1. The van der Waals surface area contributed by atoms with Crippen LogP contribution in [0.15, 0.2) is 18.2 Å². The maximum atomic E-state index is 13.3. The molecule has 1 aliphatic heterocycles. The highest BCUT2D eigenvalue weighted by molar-refractivity contribution is 6.24. The van der Waals surface area contributed by atoms with Gasteiger partial charge in [0.2, 0.25) is 11.8 Å². The lowest BCUT2D eigenvalue weighted by Gasteiger charge is -2.17. The molecule has 0 radical (unpaired) electrons. The van der Waals surface area contributed by atoms with Crippen LogP contribution < -0.4 is 10.6 Å². The van der Waals surface area contributed by atoms with Crippen molar-refractivity contribution in [2.45, 2.75) is 13.0 Å². The van der Waals surface area contributed by atoms with Crippen LogP contribution >= 0.6 is 0 Å². The number of hydrogen-bond acceptors (Lipinski definition) is 3. The molecular formula is C12H11FN2O2. The fraction of sp³-hybridized carbons (Fsp3) is 0.333. The zero-order valence-electron chi connectivity index (χ0n) is 9.02. The second-order valence-corrected chi connectivity index (χ2v) is 4.44. The number of fused-ring (bicyclic) bond motifs is 1. The van der Waals surface area contributed by atoms with Gasteiger partial charge in [-0.25, -0.2) is 4.39 Å². The molecule has 2 atom stereocenters. The van der Waals surface area contributed by atoms with Gasteiger partial charge in [-0.1, -0.05) is 0 Å². The maximum absolute atomic E-state index is 13.3. The summed E-state index contributed by atoms with van der Waals surface area (Å²) < 4.78 is 13.3. The van der Waals surface area contributed by atoms with Gasteiger partial charge in [0.25, 0.3) is 0 Å². The van der Waals surface area contributed by atoms with Gasteiger partial charge in [-0.3, -0.25) is 14.5 Å². The summed E-state index contributed by atoms with van der Waals surface area (Å²) in [7, 11) is 0. The number of carbonyl (C=O) groups is 2. The van der Waals surface area contributed by atoms with Crippen molar-refractivity contribution in [1.82, 2.24) is 0 Å². The average Bonchev–Trinajstić information content (AvgIpc) is 3.06. The van der Waals surface area contributed by atoms with E-state index in [0.717, 1.165) is 4.90 Å². The molecule has 2 aliphatic rings. The predicted molar refractivity (Wildman–Crippen MR) is 58.4 cm³/mol. The van der Waals surface area contributed by atoms with Crippen LogP contribution in [-0.2, 0) is 16.1 Å². The first-order valence-corrected chi connectivity index (χ1v) is 5.50. The monoisotopic (exact) mass is 234 g/mol. The zero-order valence-corrected chi connectivity index (χ0v) is 9.02. The topological polar surface area (TPSA) is 63.4 Å².